The van der Waals surface area contributed by atoms with Gasteiger partial charge in [-0.25, -0.2) is 4.79 Å². The van der Waals surface area contributed by atoms with Crippen LogP contribution in [0.15, 0.2) is 27.6 Å². The van der Waals surface area contributed by atoms with Crippen LogP contribution in [0.1, 0.15) is 18.2 Å². The molecular weight excluding hydrogens is 302 g/mol. The van der Waals surface area contributed by atoms with Gasteiger partial charge in [0.15, 0.2) is 0 Å². The van der Waals surface area contributed by atoms with Gasteiger partial charge in [0.2, 0.25) is 0 Å². The molecule has 0 unspecified atom stereocenters. The van der Waals surface area contributed by atoms with Crippen molar-refractivity contribution in [3.63, 3.8) is 0 Å². The van der Waals surface area contributed by atoms with E-state index in [9.17, 15) is 4.79 Å². The SMILES string of the molecule is CC/C(=C/CNCc1ccc(Br)s1)C(=O)OC. The first-order valence-corrected chi connectivity index (χ1v) is 7.00. The van der Waals surface area contributed by atoms with Gasteiger partial charge in [-0.15, -0.1) is 11.3 Å². The van der Waals surface area contributed by atoms with Gasteiger partial charge in [0.05, 0.1) is 10.9 Å². The van der Waals surface area contributed by atoms with Crippen LogP contribution in [0, 0.1) is 0 Å². The number of carbonyl (C=O) groups is 1. The molecule has 0 fully saturated rings. The highest BCUT2D eigenvalue weighted by Gasteiger charge is 2.05. The minimum absolute atomic E-state index is 0.242. The van der Waals surface area contributed by atoms with Crippen LogP contribution in [-0.2, 0) is 16.1 Å². The van der Waals surface area contributed by atoms with Gasteiger partial charge in [0, 0.05) is 23.5 Å². The molecule has 1 N–H and O–H groups in total. The average Bonchev–Trinajstić information content (AvgIpc) is 2.74. The van der Waals surface area contributed by atoms with Crippen molar-refractivity contribution >= 4 is 33.2 Å². The van der Waals surface area contributed by atoms with Crippen molar-refractivity contribution in [2.75, 3.05) is 13.7 Å². The second kappa shape index (κ2) is 7.63. The fourth-order valence-corrected chi connectivity index (χ4v) is 2.79. The maximum absolute atomic E-state index is 11.3. The lowest BCUT2D eigenvalue weighted by Gasteiger charge is -2.03. The minimum atomic E-state index is -0.242. The van der Waals surface area contributed by atoms with Gasteiger partial charge < -0.3 is 10.1 Å². The highest BCUT2D eigenvalue weighted by molar-refractivity contribution is 9.11. The van der Waals surface area contributed by atoms with Crippen LogP contribution in [0.25, 0.3) is 0 Å². The fourth-order valence-electron chi connectivity index (χ4n) is 1.34. The quantitative estimate of drug-likeness (QED) is 0.498. The molecule has 0 atom stereocenters. The van der Waals surface area contributed by atoms with E-state index in [2.05, 4.69) is 32.0 Å². The summed E-state index contributed by atoms with van der Waals surface area (Å²) in [7, 11) is 1.41. The molecule has 1 rings (SSSR count). The summed E-state index contributed by atoms with van der Waals surface area (Å²) in [5.41, 5.74) is 0.715. The van der Waals surface area contributed by atoms with E-state index in [-0.39, 0.29) is 5.97 Å². The van der Waals surface area contributed by atoms with Gasteiger partial charge in [-0.3, -0.25) is 0 Å². The summed E-state index contributed by atoms with van der Waals surface area (Å²) in [6.07, 6.45) is 2.58. The Balaban J connectivity index is 2.35. The molecule has 5 heteroatoms. The Morgan fingerprint density at radius 1 is 1.59 bits per heavy atom. The monoisotopic (exact) mass is 317 g/mol. The zero-order valence-electron chi connectivity index (χ0n) is 9.96. The number of hydrogen-bond donors (Lipinski definition) is 1. The number of thiophene rings is 1. The van der Waals surface area contributed by atoms with Gasteiger partial charge in [-0.05, 0) is 34.5 Å². The third kappa shape index (κ3) is 5.02. The summed E-state index contributed by atoms with van der Waals surface area (Å²) in [5, 5.41) is 3.26. The number of halogens is 1. The lowest BCUT2D eigenvalue weighted by atomic mass is 10.2. The second-order valence-electron chi connectivity index (χ2n) is 3.41. The van der Waals surface area contributed by atoms with E-state index >= 15 is 0 Å². The lowest BCUT2D eigenvalue weighted by Crippen LogP contribution is -2.14. The molecule has 94 valence electrons. The molecule has 0 saturated carbocycles. The smallest absolute Gasteiger partial charge is 0.333 e. The first kappa shape index (κ1) is 14.4. The third-order valence-electron chi connectivity index (χ3n) is 2.25. The highest BCUT2D eigenvalue weighted by Crippen LogP contribution is 2.21. The van der Waals surface area contributed by atoms with Gasteiger partial charge >= 0.3 is 5.97 Å². The minimum Gasteiger partial charge on any atom is -0.466 e. The standard InChI is InChI=1S/C12H16BrNO2S/c1-3-9(12(15)16-2)6-7-14-8-10-4-5-11(13)17-10/h4-6,14H,3,7-8H2,1-2H3/b9-6-. The van der Waals surface area contributed by atoms with Crippen LogP contribution in [0.3, 0.4) is 0 Å². The summed E-state index contributed by atoms with van der Waals surface area (Å²) in [6.45, 7) is 3.43. The van der Waals surface area contributed by atoms with E-state index in [1.807, 2.05) is 19.1 Å². The summed E-state index contributed by atoms with van der Waals surface area (Å²) >= 11 is 5.13. The predicted octanol–water partition coefficient (Wildman–Crippen LogP) is 3.11. The molecule has 0 bridgehead atoms. The molecule has 1 heterocycles. The van der Waals surface area contributed by atoms with Crippen molar-refractivity contribution in [3.8, 4) is 0 Å². The van der Waals surface area contributed by atoms with Crippen LogP contribution >= 0.6 is 27.3 Å². The molecule has 0 amide bonds. The topological polar surface area (TPSA) is 38.3 Å². The molecule has 0 aliphatic rings. The molecule has 0 aromatic carbocycles. The summed E-state index contributed by atoms with van der Waals surface area (Å²) in [4.78, 5) is 12.6. The predicted molar refractivity (Wildman–Crippen MR) is 74.1 cm³/mol. The molecule has 1 aromatic heterocycles. The van der Waals surface area contributed by atoms with Crippen LogP contribution in [0.5, 0.6) is 0 Å². The fraction of sp³-hybridized carbons (Fsp3) is 0.417. The Morgan fingerprint density at radius 3 is 2.88 bits per heavy atom. The number of rotatable bonds is 6. The number of ether oxygens (including phenoxy) is 1. The summed E-state index contributed by atoms with van der Waals surface area (Å²) in [6, 6.07) is 4.11. The molecule has 1 aromatic rings. The van der Waals surface area contributed by atoms with Crippen LogP contribution in [0.4, 0.5) is 0 Å². The van der Waals surface area contributed by atoms with E-state index in [1.165, 1.54) is 12.0 Å². The van der Waals surface area contributed by atoms with E-state index in [4.69, 9.17) is 0 Å². The summed E-state index contributed by atoms with van der Waals surface area (Å²) in [5.74, 6) is -0.242. The average molecular weight is 318 g/mol. The number of esters is 1. The van der Waals surface area contributed by atoms with Gasteiger partial charge in [-0.2, -0.15) is 0 Å². The lowest BCUT2D eigenvalue weighted by molar-refractivity contribution is -0.136. The van der Waals surface area contributed by atoms with E-state index < -0.39 is 0 Å². The highest BCUT2D eigenvalue weighted by atomic mass is 79.9. The molecule has 0 aliphatic heterocycles. The summed E-state index contributed by atoms with van der Waals surface area (Å²) < 4.78 is 5.82. The molecule has 0 radical (unpaired) electrons. The van der Waals surface area contributed by atoms with E-state index in [1.54, 1.807) is 11.3 Å². The largest absolute Gasteiger partial charge is 0.466 e. The third-order valence-corrected chi connectivity index (χ3v) is 3.87. The van der Waals surface area contributed by atoms with Crippen LogP contribution in [0.2, 0.25) is 0 Å². The normalized spacial score (nSPS) is 11.6. The van der Waals surface area contributed by atoms with E-state index in [0.29, 0.717) is 18.5 Å². The zero-order valence-corrected chi connectivity index (χ0v) is 12.4. The molecule has 0 aliphatic carbocycles. The number of methoxy groups -OCH3 is 1. The Labute approximate surface area is 114 Å². The number of carbonyl (C=O) groups excluding carboxylic acids is 1. The molecule has 0 spiro atoms. The van der Waals surface area contributed by atoms with Crippen molar-refractivity contribution in [3.05, 3.63) is 32.4 Å². The Hall–Kier alpha value is -0.650. The maximum atomic E-state index is 11.3. The van der Waals surface area contributed by atoms with Gasteiger partial charge in [0.25, 0.3) is 0 Å². The van der Waals surface area contributed by atoms with Crippen molar-refractivity contribution in [2.24, 2.45) is 0 Å². The number of hydrogen-bond acceptors (Lipinski definition) is 4. The molecule has 17 heavy (non-hydrogen) atoms. The molecular formula is C12H16BrNO2S. The van der Waals surface area contributed by atoms with Crippen molar-refractivity contribution in [1.29, 1.82) is 0 Å². The van der Waals surface area contributed by atoms with Crippen LogP contribution in [-0.4, -0.2) is 19.6 Å². The van der Waals surface area contributed by atoms with Gasteiger partial charge in [0.1, 0.15) is 0 Å². The zero-order chi connectivity index (χ0) is 12.7. The van der Waals surface area contributed by atoms with E-state index in [0.717, 1.165) is 10.3 Å². The van der Waals surface area contributed by atoms with Gasteiger partial charge in [-0.1, -0.05) is 13.0 Å². The maximum Gasteiger partial charge on any atom is 0.333 e. The Kier molecular flexibility index (Phi) is 6.47. The second-order valence-corrected chi connectivity index (χ2v) is 5.96. The number of nitrogens with one attached hydrogen (secondary N) is 1. The van der Waals surface area contributed by atoms with Crippen molar-refractivity contribution < 1.29 is 9.53 Å². The molecule has 3 nitrogen and oxygen atoms in total. The van der Waals surface area contributed by atoms with Crippen LogP contribution < -0.4 is 5.32 Å². The first-order valence-electron chi connectivity index (χ1n) is 5.39. The molecule has 0 saturated heterocycles. The van der Waals surface area contributed by atoms with Crippen molar-refractivity contribution in [2.45, 2.75) is 19.9 Å². The first-order chi connectivity index (χ1) is 8.17. The van der Waals surface area contributed by atoms with Crippen molar-refractivity contribution in [1.82, 2.24) is 5.32 Å². The Morgan fingerprint density at radius 2 is 2.35 bits per heavy atom. The Bertz CT molecular complexity index is 401.